The van der Waals surface area contributed by atoms with Crippen LogP contribution in [0.1, 0.15) is 66.3 Å². The van der Waals surface area contributed by atoms with Crippen molar-refractivity contribution in [3.63, 3.8) is 0 Å². The van der Waals surface area contributed by atoms with Crippen LogP contribution in [0.15, 0.2) is 6.07 Å². The van der Waals surface area contributed by atoms with Gasteiger partial charge in [-0.15, -0.1) is 0 Å². The van der Waals surface area contributed by atoms with Gasteiger partial charge in [0.2, 0.25) is 0 Å². The standard InChI is InChI=1S/C19H30F3N3O/c1-14-12-17(15(2)25(14)16-8-5-4-6-9-16)18(26)23-10-7-11-24(3)13-19(20,21)22/h12,16H,4-11,13H2,1-3H3,(H,23,26). The average molecular weight is 373 g/mol. The Morgan fingerprint density at radius 2 is 1.92 bits per heavy atom. The number of carbonyl (C=O) groups is 1. The zero-order chi connectivity index (χ0) is 19.3. The molecule has 1 aliphatic rings. The lowest BCUT2D eigenvalue weighted by Gasteiger charge is -2.26. The van der Waals surface area contributed by atoms with Crippen LogP contribution in [-0.2, 0) is 0 Å². The van der Waals surface area contributed by atoms with Crippen LogP contribution in [0.2, 0.25) is 0 Å². The molecule has 0 saturated heterocycles. The van der Waals surface area contributed by atoms with Crippen LogP contribution in [0.4, 0.5) is 13.2 Å². The molecular formula is C19H30F3N3O. The van der Waals surface area contributed by atoms with Crippen molar-refractivity contribution in [3.8, 4) is 0 Å². The molecule has 148 valence electrons. The van der Waals surface area contributed by atoms with Crippen LogP contribution < -0.4 is 5.32 Å². The van der Waals surface area contributed by atoms with E-state index in [0.717, 1.165) is 24.2 Å². The van der Waals surface area contributed by atoms with E-state index in [9.17, 15) is 18.0 Å². The monoisotopic (exact) mass is 373 g/mol. The summed E-state index contributed by atoms with van der Waals surface area (Å²) in [5, 5.41) is 2.84. The SMILES string of the molecule is Cc1cc(C(=O)NCCCN(C)CC(F)(F)F)c(C)n1C1CCCCC1. The zero-order valence-corrected chi connectivity index (χ0v) is 16.0. The van der Waals surface area contributed by atoms with Gasteiger partial charge >= 0.3 is 6.18 Å². The molecular weight excluding hydrogens is 343 g/mol. The van der Waals surface area contributed by atoms with Gasteiger partial charge in [0, 0.05) is 24.0 Å². The first-order chi connectivity index (χ1) is 12.2. The highest BCUT2D eigenvalue weighted by Gasteiger charge is 2.28. The molecule has 0 bridgehead atoms. The lowest BCUT2D eigenvalue weighted by Crippen LogP contribution is -2.33. The molecule has 1 N–H and O–H groups in total. The minimum atomic E-state index is -4.19. The van der Waals surface area contributed by atoms with E-state index in [4.69, 9.17) is 0 Å². The van der Waals surface area contributed by atoms with E-state index in [-0.39, 0.29) is 5.91 Å². The van der Waals surface area contributed by atoms with Gasteiger partial charge in [0.25, 0.3) is 5.91 Å². The van der Waals surface area contributed by atoms with E-state index in [1.807, 2.05) is 19.9 Å². The Morgan fingerprint density at radius 3 is 2.54 bits per heavy atom. The van der Waals surface area contributed by atoms with Gasteiger partial charge in [0.05, 0.1) is 12.1 Å². The number of nitrogens with one attached hydrogen (secondary N) is 1. The molecule has 1 amide bonds. The van der Waals surface area contributed by atoms with Crippen LogP contribution in [0.3, 0.4) is 0 Å². The molecule has 0 aromatic carbocycles. The van der Waals surface area contributed by atoms with E-state index in [2.05, 4.69) is 9.88 Å². The Bertz CT molecular complexity index is 604. The number of alkyl halides is 3. The molecule has 1 heterocycles. The van der Waals surface area contributed by atoms with E-state index >= 15 is 0 Å². The maximum atomic E-state index is 12.5. The first-order valence-electron chi connectivity index (χ1n) is 9.41. The third-order valence-electron chi connectivity index (χ3n) is 5.12. The summed E-state index contributed by atoms with van der Waals surface area (Å²) in [6, 6.07) is 2.40. The lowest BCUT2D eigenvalue weighted by atomic mass is 9.95. The molecule has 1 aromatic heterocycles. The second-order valence-electron chi connectivity index (χ2n) is 7.41. The van der Waals surface area contributed by atoms with Crippen molar-refractivity contribution in [2.75, 3.05) is 26.7 Å². The molecule has 0 radical (unpaired) electrons. The highest BCUT2D eigenvalue weighted by Crippen LogP contribution is 2.32. The van der Waals surface area contributed by atoms with E-state index in [1.54, 1.807) is 0 Å². The summed E-state index contributed by atoms with van der Waals surface area (Å²) in [5.74, 6) is -0.140. The second-order valence-corrected chi connectivity index (χ2v) is 7.41. The molecule has 0 aliphatic heterocycles. The minimum Gasteiger partial charge on any atom is -0.352 e. The minimum absolute atomic E-state index is 0.140. The fourth-order valence-electron chi connectivity index (χ4n) is 3.94. The number of hydrogen-bond acceptors (Lipinski definition) is 2. The van der Waals surface area contributed by atoms with E-state index in [0.29, 0.717) is 31.1 Å². The number of nitrogens with zero attached hydrogens (tertiary/aromatic N) is 2. The van der Waals surface area contributed by atoms with Crippen LogP contribution >= 0.6 is 0 Å². The normalized spacial score (nSPS) is 16.3. The van der Waals surface area contributed by atoms with Gasteiger partial charge in [0.1, 0.15) is 0 Å². The lowest BCUT2D eigenvalue weighted by molar-refractivity contribution is -0.143. The van der Waals surface area contributed by atoms with Gasteiger partial charge in [-0.05, 0) is 52.8 Å². The topological polar surface area (TPSA) is 37.3 Å². The highest BCUT2D eigenvalue weighted by atomic mass is 19.4. The molecule has 1 aliphatic carbocycles. The van der Waals surface area contributed by atoms with Crippen LogP contribution in [0.25, 0.3) is 0 Å². The van der Waals surface area contributed by atoms with Gasteiger partial charge in [0.15, 0.2) is 0 Å². The van der Waals surface area contributed by atoms with Crippen molar-refractivity contribution in [1.82, 2.24) is 14.8 Å². The second kappa shape index (κ2) is 8.93. The smallest absolute Gasteiger partial charge is 0.352 e. The van der Waals surface area contributed by atoms with Crippen molar-refractivity contribution in [2.45, 2.75) is 64.6 Å². The number of hydrogen-bond donors (Lipinski definition) is 1. The molecule has 1 aromatic rings. The molecule has 0 spiro atoms. The molecule has 0 unspecified atom stereocenters. The Balaban J connectivity index is 1.86. The molecule has 26 heavy (non-hydrogen) atoms. The van der Waals surface area contributed by atoms with Crippen molar-refractivity contribution < 1.29 is 18.0 Å². The number of rotatable bonds is 7. The van der Waals surface area contributed by atoms with Gasteiger partial charge in [-0.25, -0.2) is 0 Å². The highest BCUT2D eigenvalue weighted by molar-refractivity contribution is 5.95. The summed E-state index contributed by atoms with van der Waals surface area (Å²) < 4.78 is 39.2. The van der Waals surface area contributed by atoms with Gasteiger partial charge < -0.3 is 9.88 Å². The quantitative estimate of drug-likeness (QED) is 0.727. The van der Waals surface area contributed by atoms with Crippen LogP contribution in [0, 0.1) is 13.8 Å². The Labute approximate surface area is 153 Å². The molecule has 4 nitrogen and oxygen atoms in total. The predicted octanol–water partition coefficient (Wildman–Crippen LogP) is 4.22. The van der Waals surface area contributed by atoms with E-state index in [1.165, 1.54) is 31.2 Å². The number of amides is 1. The van der Waals surface area contributed by atoms with E-state index < -0.39 is 12.7 Å². The fraction of sp³-hybridized carbons (Fsp3) is 0.737. The van der Waals surface area contributed by atoms with Gasteiger partial charge in [-0.3, -0.25) is 9.69 Å². The predicted molar refractivity (Wildman–Crippen MR) is 96.5 cm³/mol. The van der Waals surface area contributed by atoms with Crippen molar-refractivity contribution >= 4 is 5.91 Å². The van der Waals surface area contributed by atoms with Crippen molar-refractivity contribution in [1.29, 1.82) is 0 Å². The third-order valence-corrected chi connectivity index (χ3v) is 5.12. The average Bonchev–Trinajstić information content (AvgIpc) is 2.85. The van der Waals surface area contributed by atoms with Gasteiger partial charge in [-0.1, -0.05) is 19.3 Å². The fourth-order valence-corrected chi connectivity index (χ4v) is 3.94. The molecule has 1 saturated carbocycles. The van der Waals surface area contributed by atoms with Gasteiger partial charge in [-0.2, -0.15) is 13.2 Å². The Morgan fingerprint density at radius 1 is 1.27 bits per heavy atom. The Hall–Kier alpha value is -1.50. The van der Waals surface area contributed by atoms with Crippen LogP contribution in [-0.4, -0.2) is 48.2 Å². The van der Waals surface area contributed by atoms with Crippen LogP contribution in [0.5, 0.6) is 0 Å². The Kier molecular flexibility index (Phi) is 7.15. The molecule has 0 atom stereocenters. The first kappa shape index (κ1) is 20.8. The third kappa shape index (κ3) is 5.76. The number of aromatic nitrogens is 1. The maximum absolute atomic E-state index is 12.5. The number of halogens is 3. The summed E-state index contributed by atoms with van der Waals surface area (Å²) in [6.45, 7) is 3.75. The summed E-state index contributed by atoms with van der Waals surface area (Å²) in [6.07, 6.45) is 2.36. The molecule has 7 heteroatoms. The largest absolute Gasteiger partial charge is 0.401 e. The summed E-state index contributed by atoms with van der Waals surface area (Å²) >= 11 is 0. The zero-order valence-electron chi connectivity index (χ0n) is 16.0. The van der Waals surface area contributed by atoms with Crippen molar-refractivity contribution in [2.24, 2.45) is 0 Å². The molecule has 1 fully saturated rings. The molecule has 2 rings (SSSR count). The summed E-state index contributed by atoms with van der Waals surface area (Å²) in [7, 11) is 1.44. The number of carbonyl (C=O) groups excluding carboxylic acids is 1. The van der Waals surface area contributed by atoms with Crippen molar-refractivity contribution in [3.05, 3.63) is 23.0 Å². The summed E-state index contributed by atoms with van der Waals surface area (Å²) in [4.78, 5) is 13.7. The first-order valence-corrected chi connectivity index (χ1v) is 9.41. The number of aryl methyl sites for hydroxylation is 1. The maximum Gasteiger partial charge on any atom is 0.401 e. The summed E-state index contributed by atoms with van der Waals surface area (Å²) in [5.41, 5.74) is 2.77.